The number of nitrogens with zero attached hydrogens (tertiary/aromatic N) is 1. The molecule has 8 heteroatoms. The molecule has 2 rings (SSSR count). The van der Waals surface area contributed by atoms with E-state index in [0.29, 0.717) is 11.3 Å². The van der Waals surface area contributed by atoms with Crippen LogP contribution in [0.15, 0.2) is 33.8 Å². The molecule has 0 fully saturated rings. The molecule has 0 aliphatic rings. The third kappa shape index (κ3) is 2.91. The van der Waals surface area contributed by atoms with Crippen LogP contribution < -0.4 is 5.43 Å². The lowest BCUT2D eigenvalue weighted by molar-refractivity contribution is 0.371. The van der Waals surface area contributed by atoms with E-state index in [0.717, 1.165) is 0 Å². The minimum absolute atomic E-state index is 0.243. The van der Waals surface area contributed by atoms with Crippen molar-refractivity contribution in [2.45, 2.75) is 6.92 Å². The standard InChI is InChI=1S/C14H12BrFN2O4/c1-6(7-2-4-8(16)5-3-7)17-18-10-13(21)11(19)9(15)12(20)14(10)22/h2-5,18-22H,1H3/b17-6+. The largest absolute Gasteiger partial charge is 0.503 e. The van der Waals surface area contributed by atoms with Gasteiger partial charge in [-0.3, -0.25) is 5.43 Å². The summed E-state index contributed by atoms with van der Waals surface area (Å²) in [5, 5.41) is 42.7. The van der Waals surface area contributed by atoms with Crippen molar-refractivity contribution in [2.75, 3.05) is 5.43 Å². The lowest BCUT2D eigenvalue weighted by Crippen LogP contribution is -2.00. The van der Waals surface area contributed by atoms with Crippen molar-refractivity contribution >= 4 is 27.3 Å². The van der Waals surface area contributed by atoms with E-state index in [-0.39, 0.29) is 16.0 Å². The third-order valence-electron chi connectivity index (χ3n) is 2.94. The van der Waals surface area contributed by atoms with Crippen molar-refractivity contribution in [3.05, 3.63) is 40.1 Å². The van der Waals surface area contributed by atoms with Crippen LogP contribution in [0.2, 0.25) is 0 Å². The molecule has 0 amide bonds. The van der Waals surface area contributed by atoms with Gasteiger partial charge in [0.05, 0.1) is 5.71 Å². The second-order valence-electron chi connectivity index (χ2n) is 4.40. The van der Waals surface area contributed by atoms with Crippen LogP contribution in [0.3, 0.4) is 0 Å². The Labute approximate surface area is 133 Å². The quantitative estimate of drug-likeness (QED) is 0.247. The van der Waals surface area contributed by atoms with Gasteiger partial charge in [-0.1, -0.05) is 12.1 Å². The topological polar surface area (TPSA) is 105 Å². The van der Waals surface area contributed by atoms with Crippen LogP contribution in [0.4, 0.5) is 10.1 Å². The fourth-order valence-electron chi connectivity index (χ4n) is 1.67. The molecule has 22 heavy (non-hydrogen) atoms. The molecule has 0 aliphatic heterocycles. The Morgan fingerprint density at radius 2 is 1.50 bits per heavy atom. The summed E-state index contributed by atoms with van der Waals surface area (Å²) in [6, 6.07) is 5.54. The Morgan fingerprint density at radius 1 is 1.00 bits per heavy atom. The zero-order valence-electron chi connectivity index (χ0n) is 11.3. The number of benzene rings is 2. The Hall–Kier alpha value is -2.48. The molecule has 0 bridgehead atoms. The Kier molecular flexibility index (Phi) is 4.41. The maximum absolute atomic E-state index is 12.9. The van der Waals surface area contributed by atoms with Gasteiger partial charge in [0, 0.05) is 0 Å². The van der Waals surface area contributed by atoms with E-state index in [2.05, 4.69) is 26.5 Å². The molecule has 6 nitrogen and oxygen atoms in total. The normalized spacial score (nSPS) is 11.5. The zero-order valence-corrected chi connectivity index (χ0v) is 12.9. The maximum atomic E-state index is 12.9. The number of phenols is 4. The highest BCUT2D eigenvalue weighted by Crippen LogP contribution is 2.52. The molecule has 0 spiro atoms. The number of hydrazone groups is 1. The van der Waals surface area contributed by atoms with Crippen LogP contribution in [-0.2, 0) is 0 Å². The highest BCUT2D eigenvalue weighted by atomic mass is 79.9. The molecule has 0 saturated heterocycles. The molecule has 0 aromatic heterocycles. The van der Waals surface area contributed by atoms with Gasteiger partial charge in [0.2, 0.25) is 0 Å². The molecule has 0 radical (unpaired) electrons. The maximum Gasteiger partial charge on any atom is 0.188 e. The second-order valence-corrected chi connectivity index (χ2v) is 5.19. The van der Waals surface area contributed by atoms with E-state index < -0.39 is 23.0 Å². The van der Waals surface area contributed by atoms with Crippen LogP contribution >= 0.6 is 15.9 Å². The molecule has 0 heterocycles. The first kappa shape index (κ1) is 15.9. The number of anilines is 1. The van der Waals surface area contributed by atoms with Crippen molar-refractivity contribution in [3.8, 4) is 23.0 Å². The molecule has 2 aromatic rings. The van der Waals surface area contributed by atoms with E-state index in [9.17, 15) is 24.8 Å². The Bertz CT molecular complexity index is 718. The lowest BCUT2D eigenvalue weighted by Gasteiger charge is -2.12. The first-order valence-corrected chi connectivity index (χ1v) is 6.83. The summed E-state index contributed by atoms with van der Waals surface area (Å²) in [6.45, 7) is 1.62. The average molecular weight is 371 g/mol. The monoisotopic (exact) mass is 370 g/mol. The minimum atomic E-state index is -0.683. The molecular weight excluding hydrogens is 359 g/mol. The van der Waals surface area contributed by atoms with Gasteiger partial charge in [0.1, 0.15) is 16.0 Å². The van der Waals surface area contributed by atoms with E-state index in [1.54, 1.807) is 6.92 Å². The average Bonchev–Trinajstić information content (AvgIpc) is 2.51. The fourth-order valence-corrected chi connectivity index (χ4v) is 2.05. The van der Waals surface area contributed by atoms with E-state index >= 15 is 0 Å². The number of aromatic hydroxyl groups is 4. The summed E-state index contributed by atoms with van der Waals surface area (Å²) >= 11 is 2.82. The first-order valence-electron chi connectivity index (χ1n) is 6.04. The molecule has 2 aromatic carbocycles. The van der Waals surface area contributed by atoms with Gasteiger partial charge in [-0.05, 0) is 40.5 Å². The van der Waals surface area contributed by atoms with Crippen molar-refractivity contribution in [1.82, 2.24) is 0 Å². The number of phenolic OH excluding ortho intramolecular Hbond substituents is 4. The number of hydrogen-bond acceptors (Lipinski definition) is 6. The SMILES string of the molecule is C/C(=N\Nc1c(O)c(O)c(Br)c(O)c1O)c1ccc(F)cc1. The number of nitrogens with one attached hydrogen (secondary N) is 1. The summed E-state index contributed by atoms with van der Waals surface area (Å²) in [5.41, 5.74) is 3.04. The summed E-state index contributed by atoms with van der Waals surface area (Å²) in [6.07, 6.45) is 0. The highest BCUT2D eigenvalue weighted by Gasteiger charge is 2.21. The second kappa shape index (κ2) is 6.10. The first-order chi connectivity index (χ1) is 10.3. The summed E-state index contributed by atoms with van der Waals surface area (Å²) in [7, 11) is 0. The smallest absolute Gasteiger partial charge is 0.188 e. The third-order valence-corrected chi connectivity index (χ3v) is 3.69. The number of halogens is 2. The van der Waals surface area contributed by atoms with Crippen molar-refractivity contribution in [2.24, 2.45) is 5.10 Å². The van der Waals surface area contributed by atoms with Gasteiger partial charge in [0.25, 0.3) is 0 Å². The minimum Gasteiger partial charge on any atom is -0.503 e. The van der Waals surface area contributed by atoms with Gasteiger partial charge >= 0.3 is 0 Å². The molecule has 5 N–H and O–H groups in total. The summed E-state index contributed by atoms with van der Waals surface area (Å²) in [5.74, 6) is -3.04. The van der Waals surface area contributed by atoms with Crippen LogP contribution in [0.1, 0.15) is 12.5 Å². The predicted molar refractivity (Wildman–Crippen MR) is 83.0 cm³/mol. The molecule has 0 aliphatic carbocycles. The summed E-state index contributed by atoms with van der Waals surface area (Å²) < 4.78 is 12.6. The molecule has 0 atom stereocenters. The van der Waals surface area contributed by atoms with Crippen LogP contribution in [-0.4, -0.2) is 26.1 Å². The molecule has 0 unspecified atom stereocenters. The van der Waals surface area contributed by atoms with Gasteiger partial charge < -0.3 is 20.4 Å². The fraction of sp³-hybridized carbons (Fsp3) is 0.0714. The predicted octanol–water partition coefficient (Wildman–Crippen LogP) is 3.25. The lowest BCUT2D eigenvalue weighted by atomic mass is 10.1. The highest BCUT2D eigenvalue weighted by molar-refractivity contribution is 9.10. The summed E-state index contributed by atoms with van der Waals surface area (Å²) in [4.78, 5) is 0. The van der Waals surface area contributed by atoms with Crippen molar-refractivity contribution in [3.63, 3.8) is 0 Å². The Balaban J connectivity index is 2.35. The van der Waals surface area contributed by atoms with Gasteiger partial charge in [-0.2, -0.15) is 5.10 Å². The number of rotatable bonds is 3. The van der Waals surface area contributed by atoms with E-state index in [4.69, 9.17) is 0 Å². The van der Waals surface area contributed by atoms with Crippen molar-refractivity contribution < 1.29 is 24.8 Å². The van der Waals surface area contributed by atoms with E-state index in [1.165, 1.54) is 24.3 Å². The number of hydrogen-bond donors (Lipinski definition) is 5. The van der Waals surface area contributed by atoms with Crippen LogP contribution in [0.5, 0.6) is 23.0 Å². The van der Waals surface area contributed by atoms with E-state index in [1.807, 2.05) is 0 Å². The van der Waals surface area contributed by atoms with Crippen molar-refractivity contribution in [1.29, 1.82) is 0 Å². The van der Waals surface area contributed by atoms with Gasteiger partial charge in [-0.15, -0.1) is 0 Å². The Morgan fingerprint density at radius 3 is 2.00 bits per heavy atom. The zero-order chi connectivity index (χ0) is 16.4. The van der Waals surface area contributed by atoms with Crippen LogP contribution in [0.25, 0.3) is 0 Å². The molecular formula is C14H12BrFN2O4. The molecule has 0 saturated carbocycles. The van der Waals surface area contributed by atoms with Gasteiger partial charge in [0.15, 0.2) is 23.0 Å². The molecule has 116 valence electrons. The van der Waals surface area contributed by atoms with Crippen LogP contribution in [0, 0.1) is 5.82 Å². The van der Waals surface area contributed by atoms with Gasteiger partial charge in [-0.25, -0.2) is 4.39 Å².